The molecule has 0 aliphatic carbocycles. The Bertz CT molecular complexity index is 337. The van der Waals surface area contributed by atoms with Crippen LogP contribution in [0.5, 0.6) is 0 Å². The molecule has 17 heavy (non-hydrogen) atoms. The van der Waals surface area contributed by atoms with E-state index >= 15 is 0 Å². The standard InChI is InChI=1S/C12H19NO4/c1-8(2)10(15)17-12(9(3)14)6-4-5-7-13-11(12)16/h9,14H,1,4-7H2,2-3H3,(H,13,16). The van der Waals surface area contributed by atoms with Gasteiger partial charge in [0.15, 0.2) is 0 Å². The van der Waals surface area contributed by atoms with Crippen LogP contribution in [0.25, 0.3) is 0 Å². The van der Waals surface area contributed by atoms with Crippen molar-refractivity contribution >= 4 is 11.9 Å². The second-order valence-electron chi connectivity index (χ2n) is 4.45. The van der Waals surface area contributed by atoms with E-state index in [2.05, 4.69) is 11.9 Å². The van der Waals surface area contributed by atoms with Crippen molar-refractivity contribution in [1.29, 1.82) is 0 Å². The van der Waals surface area contributed by atoms with Crippen LogP contribution in [0.3, 0.4) is 0 Å². The smallest absolute Gasteiger partial charge is 0.334 e. The zero-order valence-electron chi connectivity index (χ0n) is 10.3. The molecule has 2 atom stereocenters. The normalized spacial score (nSPS) is 26.6. The van der Waals surface area contributed by atoms with Crippen molar-refractivity contribution in [3.8, 4) is 0 Å². The minimum Gasteiger partial charge on any atom is -0.443 e. The van der Waals surface area contributed by atoms with Crippen molar-refractivity contribution in [3.63, 3.8) is 0 Å². The van der Waals surface area contributed by atoms with Gasteiger partial charge in [-0.25, -0.2) is 4.79 Å². The molecule has 1 fully saturated rings. The number of nitrogens with one attached hydrogen (secondary N) is 1. The fraction of sp³-hybridized carbons (Fsp3) is 0.667. The average Bonchev–Trinajstić information content (AvgIpc) is 2.42. The molecule has 2 N–H and O–H groups in total. The first-order valence-corrected chi connectivity index (χ1v) is 5.75. The molecular weight excluding hydrogens is 222 g/mol. The number of esters is 1. The lowest BCUT2D eigenvalue weighted by molar-refractivity contribution is -0.178. The van der Waals surface area contributed by atoms with Crippen LogP contribution in [0.4, 0.5) is 0 Å². The molecule has 0 aromatic heterocycles. The van der Waals surface area contributed by atoms with Crippen LogP contribution in [0.2, 0.25) is 0 Å². The number of amides is 1. The van der Waals surface area contributed by atoms with Gasteiger partial charge in [0, 0.05) is 12.1 Å². The van der Waals surface area contributed by atoms with Crippen molar-refractivity contribution in [2.45, 2.75) is 44.8 Å². The van der Waals surface area contributed by atoms with Crippen molar-refractivity contribution in [2.75, 3.05) is 6.54 Å². The Morgan fingerprint density at radius 2 is 2.24 bits per heavy atom. The Balaban J connectivity index is 2.98. The van der Waals surface area contributed by atoms with E-state index in [1.54, 1.807) is 0 Å². The Morgan fingerprint density at radius 1 is 1.59 bits per heavy atom. The summed E-state index contributed by atoms with van der Waals surface area (Å²) in [7, 11) is 0. The maximum Gasteiger partial charge on any atom is 0.334 e. The topological polar surface area (TPSA) is 75.6 Å². The summed E-state index contributed by atoms with van der Waals surface area (Å²) in [6.45, 7) is 6.97. The number of carbonyl (C=O) groups excluding carboxylic acids is 2. The van der Waals surface area contributed by atoms with Gasteiger partial charge in [0.2, 0.25) is 5.60 Å². The molecule has 1 heterocycles. The van der Waals surface area contributed by atoms with Gasteiger partial charge in [0.05, 0.1) is 0 Å². The first-order valence-electron chi connectivity index (χ1n) is 5.75. The molecular formula is C12H19NO4. The van der Waals surface area contributed by atoms with Gasteiger partial charge in [-0.15, -0.1) is 0 Å². The summed E-state index contributed by atoms with van der Waals surface area (Å²) in [6, 6.07) is 0. The van der Waals surface area contributed by atoms with Crippen LogP contribution >= 0.6 is 0 Å². The van der Waals surface area contributed by atoms with E-state index in [4.69, 9.17) is 4.74 Å². The zero-order chi connectivity index (χ0) is 13.1. The Kier molecular flexibility index (Phi) is 4.28. The third kappa shape index (κ3) is 2.85. The van der Waals surface area contributed by atoms with Crippen LogP contribution in [-0.4, -0.2) is 35.2 Å². The van der Waals surface area contributed by atoms with Gasteiger partial charge >= 0.3 is 5.97 Å². The van der Waals surface area contributed by atoms with Crippen LogP contribution in [-0.2, 0) is 14.3 Å². The summed E-state index contributed by atoms with van der Waals surface area (Å²) in [5, 5.41) is 12.4. The van der Waals surface area contributed by atoms with E-state index in [0.29, 0.717) is 19.4 Å². The van der Waals surface area contributed by atoms with Gasteiger partial charge in [0.25, 0.3) is 5.91 Å². The highest BCUT2D eigenvalue weighted by Gasteiger charge is 2.47. The van der Waals surface area contributed by atoms with Crippen LogP contribution in [0.15, 0.2) is 12.2 Å². The molecule has 0 spiro atoms. The van der Waals surface area contributed by atoms with Gasteiger partial charge < -0.3 is 15.2 Å². The van der Waals surface area contributed by atoms with Crippen molar-refractivity contribution < 1.29 is 19.4 Å². The molecule has 1 amide bonds. The van der Waals surface area contributed by atoms with Crippen molar-refractivity contribution in [3.05, 3.63) is 12.2 Å². The molecule has 0 radical (unpaired) electrons. The number of rotatable bonds is 3. The summed E-state index contributed by atoms with van der Waals surface area (Å²) in [5.41, 5.74) is -1.27. The quantitative estimate of drug-likeness (QED) is 0.558. The number of carbonyl (C=O) groups is 2. The molecule has 0 aromatic carbocycles. The van der Waals surface area contributed by atoms with E-state index < -0.39 is 23.6 Å². The molecule has 0 bridgehead atoms. The molecule has 5 heteroatoms. The number of hydrogen-bond donors (Lipinski definition) is 2. The predicted octanol–water partition coefficient (Wildman–Crippen LogP) is 0.525. The third-order valence-electron chi connectivity index (χ3n) is 2.94. The van der Waals surface area contributed by atoms with E-state index in [-0.39, 0.29) is 5.57 Å². The fourth-order valence-corrected chi connectivity index (χ4v) is 1.81. The van der Waals surface area contributed by atoms with E-state index in [0.717, 1.165) is 6.42 Å². The van der Waals surface area contributed by atoms with Gasteiger partial charge in [-0.2, -0.15) is 0 Å². The molecule has 96 valence electrons. The summed E-state index contributed by atoms with van der Waals surface area (Å²) >= 11 is 0. The zero-order valence-corrected chi connectivity index (χ0v) is 10.3. The Labute approximate surface area is 101 Å². The second kappa shape index (κ2) is 5.31. The predicted molar refractivity (Wildman–Crippen MR) is 62.2 cm³/mol. The van der Waals surface area contributed by atoms with Gasteiger partial charge in [-0.05, 0) is 33.1 Å². The molecule has 0 saturated carbocycles. The van der Waals surface area contributed by atoms with E-state index in [1.165, 1.54) is 13.8 Å². The monoisotopic (exact) mass is 241 g/mol. The lowest BCUT2D eigenvalue weighted by Crippen LogP contribution is -2.55. The van der Waals surface area contributed by atoms with E-state index in [9.17, 15) is 14.7 Å². The third-order valence-corrected chi connectivity index (χ3v) is 2.94. The molecule has 1 saturated heterocycles. The first kappa shape index (κ1) is 13.7. The van der Waals surface area contributed by atoms with Crippen LogP contribution < -0.4 is 5.32 Å². The average molecular weight is 241 g/mol. The number of aliphatic hydroxyl groups excluding tert-OH is 1. The number of ether oxygens (including phenoxy) is 1. The SMILES string of the molecule is C=C(C)C(=O)OC1(C(C)O)CCCCNC1=O. The molecule has 1 aliphatic heterocycles. The molecule has 2 unspecified atom stereocenters. The van der Waals surface area contributed by atoms with Gasteiger partial charge in [-0.1, -0.05) is 6.58 Å². The largest absolute Gasteiger partial charge is 0.443 e. The first-order chi connectivity index (χ1) is 7.90. The number of hydrogen-bond acceptors (Lipinski definition) is 4. The van der Waals surface area contributed by atoms with E-state index in [1.807, 2.05) is 0 Å². The highest BCUT2D eigenvalue weighted by Crippen LogP contribution is 2.27. The van der Waals surface area contributed by atoms with Gasteiger partial charge in [0.1, 0.15) is 6.10 Å². The maximum absolute atomic E-state index is 12.0. The fourth-order valence-electron chi connectivity index (χ4n) is 1.81. The molecule has 5 nitrogen and oxygen atoms in total. The van der Waals surface area contributed by atoms with Gasteiger partial charge in [-0.3, -0.25) is 4.79 Å². The van der Waals surface area contributed by atoms with Crippen molar-refractivity contribution in [2.24, 2.45) is 0 Å². The highest BCUT2D eigenvalue weighted by atomic mass is 16.6. The highest BCUT2D eigenvalue weighted by molar-refractivity contribution is 5.93. The summed E-state index contributed by atoms with van der Waals surface area (Å²) in [6.07, 6.45) is 0.803. The van der Waals surface area contributed by atoms with Crippen LogP contribution in [0, 0.1) is 0 Å². The minimum absolute atomic E-state index is 0.210. The van der Waals surface area contributed by atoms with Crippen molar-refractivity contribution in [1.82, 2.24) is 5.32 Å². The second-order valence-corrected chi connectivity index (χ2v) is 4.45. The molecule has 1 aliphatic rings. The minimum atomic E-state index is -1.48. The summed E-state index contributed by atoms with van der Waals surface area (Å²) < 4.78 is 5.19. The Morgan fingerprint density at radius 3 is 2.76 bits per heavy atom. The van der Waals surface area contributed by atoms with Crippen LogP contribution in [0.1, 0.15) is 33.1 Å². The Hall–Kier alpha value is -1.36. The lowest BCUT2D eigenvalue weighted by Gasteiger charge is -2.33. The summed E-state index contributed by atoms with van der Waals surface area (Å²) in [4.78, 5) is 23.5. The molecule has 0 aromatic rings. The lowest BCUT2D eigenvalue weighted by atomic mass is 9.91. The number of aliphatic hydroxyl groups is 1. The summed E-state index contributed by atoms with van der Waals surface area (Å²) in [5.74, 6) is -1.08. The maximum atomic E-state index is 12.0. The molecule has 1 rings (SSSR count).